The second-order valence-corrected chi connectivity index (χ2v) is 6.63. The molecule has 0 saturated heterocycles. The van der Waals surface area contributed by atoms with Crippen LogP contribution < -0.4 is 15.7 Å². The van der Waals surface area contributed by atoms with E-state index in [1.165, 1.54) is 6.07 Å². The molecule has 0 saturated carbocycles. The lowest BCUT2D eigenvalue weighted by atomic mass is 10.0. The van der Waals surface area contributed by atoms with Gasteiger partial charge in [-0.05, 0) is 50.3 Å². The van der Waals surface area contributed by atoms with Crippen molar-refractivity contribution in [2.45, 2.75) is 46.6 Å². The monoisotopic (exact) mass is 331 g/mol. The van der Waals surface area contributed by atoms with Crippen molar-refractivity contribution in [2.24, 2.45) is 5.92 Å². The zero-order valence-electron chi connectivity index (χ0n) is 14.7. The molecule has 1 heterocycles. The Bertz CT molecular complexity index is 764. The highest BCUT2D eigenvalue weighted by molar-refractivity contribution is 5.81. The number of aryl methyl sites for hydroxylation is 1. The number of fused-ring (bicyclic) bond motifs is 1. The number of carbonyl (C=O) groups excluding carboxylic acids is 1. The fourth-order valence-corrected chi connectivity index (χ4v) is 2.52. The van der Waals surface area contributed by atoms with Crippen molar-refractivity contribution < 1.29 is 13.9 Å². The number of hydrogen-bond donors (Lipinski definition) is 1. The van der Waals surface area contributed by atoms with Gasteiger partial charge in [-0.1, -0.05) is 13.8 Å². The fraction of sp³-hybridized carbons (Fsp3) is 0.474. The number of carbonyl (C=O) groups is 1. The van der Waals surface area contributed by atoms with Crippen LogP contribution in [-0.2, 0) is 4.79 Å². The van der Waals surface area contributed by atoms with Crippen molar-refractivity contribution in [3.05, 3.63) is 40.2 Å². The molecular weight excluding hydrogens is 306 g/mol. The van der Waals surface area contributed by atoms with Gasteiger partial charge in [0.15, 0.2) is 6.61 Å². The van der Waals surface area contributed by atoms with Gasteiger partial charge in [-0.3, -0.25) is 4.79 Å². The Balaban J connectivity index is 1.93. The highest BCUT2D eigenvalue weighted by atomic mass is 16.5. The number of rotatable bonds is 7. The minimum atomic E-state index is -0.395. The molecule has 1 amide bonds. The molecule has 0 aliphatic heterocycles. The summed E-state index contributed by atoms with van der Waals surface area (Å²) in [6, 6.07) is 6.81. The number of ether oxygens (including phenoxy) is 1. The molecule has 1 aromatic heterocycles. The fourth-order valence-electron chi connectivity index (χ4n) is 2.52. The highest BCUT2D eigenvalue weighted by Gasteiger charge is 2.10. The molecule has 130 valence electrons. The third kappa shape index (κ3) is 5.11. The van der Waals surface area contributed by atoms with Gasteiger partial charge in [0.2, 0.25) is 0 Å². The molecule has 0 radical (unpaired) electrons. The first-order valence-corrected chi connectivity index (χ1v) is 8.32. The second kappa shape index (κ2) is 7.99. The lowest BCUT2D eigenvalue weighted by molar-refractivity contribution is -0.123. The van der Waals surface area contributed by atoms with Crippen LogP contribution in [0.5, 0.6) is 5.75 Å². The summed E-state index contributed by atoms with van der Waals surface area (Å²) in [4.78, 5) is 23.4. The maximum absolute atomic E-state index is 11.9. The Morgan fingerprint density at radius 2 is 1.96 bits per heavy atom. The van der Waals surface area contributed by atoms with Gasteiger partial charge in [0.25, 0.3) is 5.91 Å². The lowest BCUT2D eigenvalue weighted by Crippen LogP contribution is -2.36. The van der Waals surface area contributed by atoms with Crippen LogP contribution in [0.3, 0.4) is 0 Å². The minimum absolute atomic E-state index is 0.0619. The van der Waals surface area contributed by atoms with Gasteiger partial charge in [-0.25, -0.2) is 4.79 Å². The number of hydrogen-bond acceptors (Lipinski definition) is 4. The molecule has 0 fully saturated rings. The maximum Gasteiger partial charge on any atom is 0.336 e. The summed E-state index contributed by atoms with van der Waals surface area (Å²) in [5.41, 5.74) is 0.918. The zero-order chi connectivity index (χ0) is 17.7. The van der Waals surface area contributed by atoms with Gasteiger partial charge in [0.05, 0.1) is 0 Å². The molecule has 1 aromatic carbocycles. The smallest absolute Gasteiger partial charge is 0.336 e. The lowest BCUT2D eigenvalue weighted by Gasteiger charge is -2.15. The van der Waals surface area contributed by atoms with E-state index in [1.54, 1.807) is 12.1 Å². The molecule has 5 nitrogen and oxygen atoms in total. The third-order valence-corrected chi connectivity index (χ3v) is 3.88. The first kappa shape index (κ1) is 18.0. The van der Waals surface area contributed by atoms with E-state index >= 15 is 0 Å². The van der Waals surface area contributed by atoms with Crippen LogP contribution in [0.2, 0.25) is 0 Å². The molecule has 24 heavy (non-hydrogen) atoms. The number of nitrogens with one attached hydrogen (secondary N) is 1. The van der Waals surface area contributed by atoms with Crippen molar-refractivity contribution in [1.82, 2.24) is 5.32 Å². The molecule has 1 N–H and O–H groups in total. The highest BCUT2D eigenvalue weighted by Crippen LogP contribution is 2.22. The normalized spacial score (nSPS) is 12.4. The van der Waals surface area contributed by atoms with E-state index in [0.29, 0.717) is 17.3 Å². The predicted octanol–water partition coefficient (Wildman–Crippen LogP) is 3.42. The van der Waals surface area contributed by atoms with Crippen LogP contribution in [0.1, 0.15) is 39.2 Å². The Morgan fingerprint density at radius 1 is 1.21 bits per heavy atom. The van der Waals surface area contributed by atoms with Gasteiger partial charge >= 0.3 is 5.63 Å². The van der Waals surface area contributed by atoms with Crippen molar-refractivity contribution in [1.29, 1.82) is 0 Å². The van der Waals surface area contributed by atoms with Crippen LogP contribution in [-0.4, -0.2) is 18.6 Å². The van der Waals surface area contributed by atoms with Gasteiger partial charge in [0.1, 0.15) is 11.3 Å². The van der Waals surface area contributed by atoms with E-state index in [0.717, 1.165) is 23.8 Å². The standard InChI is InChI=1S/C19H25NO4/c1-12(2)5-6-14(4)20-18(21)11-23-15-7-8-16-13(3)9-19(22)24-17(16)10-15/h7-10,12,14H,5-6,11H2,1-4H3,(H,20,21)/t14-/m1/s1. The Labute approximate surface area is 142 Å². The van der Waals surface area contributed by atoms with E-state index in [1.807, 2.05) is 19.9 Å². The average Bonchev–Trinajstić information content (AvgIpc) is 2.50. The largest absolute Gasteiger partial charge is 0.484 e. The molecule has 1 atom stereocenters. The Kier molecular flexibility index (Phi) is 6.01. The SMILES string of the molecule is Cc1cc(=O)oc2cc(OCC(=O)N[C@H](C)CCC(C)C)ccc12. The summed E-state index contributed by atoms with van der Waals surface area (Å²) in [5.74, 6) is 0.967. The minimum Gasteiger partial charge on any atom is -0.484 e. The predicted molar refractivity (Wildman–Crippen MR) is 94.4 cm³/mol. The molecule has 0 unspecified atom stereocenters. The molecule has 0 spiro atoms. The summed E-state index contributed by atoms with van der Waals surface area (Å²) in [6.07, 6.45) is 2.02. The molecule has 0 bridgehead atoms. The van der Waals surface area contributed by atoms with Crippen molar-refractivity contribution in [3.8, 4) is 5.75 Å². The van der Waals surface area contributed by atoms with Gasteiger partial charge in [0, 0.05) is 23.6 Å². The van der Waals surface area contributed by atoms with E-state index in [-0.39, 0.29) is 18.6 Å². The van der Waals surface area contributed by atoms with E-state index in [4.69, 9.17) is 9.15 Å². The van der Waals surface area contributed by atoms with Crippen LogP contribution in [0.25, 0.3) is 11.0 Å². The zero-order valence-corrected chi connectivity index (χ0v) is 14.7. The van der Waals surface area contributed by atoms with E-state index < -0.39 is 5.63 Å². The number of benzene rings is 1. The van der Waals surface area contributed by atoms with Gasteiger partial charge < -0.3 is 14.5 Å². The molecular formula is C19H25NO4. The topological polar surface area (TPSA) is 68.5 Å². The first-order chi connectivity index (χ1) is 11.3. The van der Waals surface area contributed by atoms with Crippen molar-refractivity contribution >= 4 is 16.9 Å². The van der Waals surface area contributed by atoms with Gasteiger partial charge in [-0.15, -0.1) is 0 Å². The Hall–Kier alpha value is -2.30. The van der Waals surface area contributed by atoms with Crippen LogP contribution >= 0.6 is 0 Å². The van der Waals surface area contributed by atoms with Crippen LogP contribution in [0.4, 0.5) is 0 Å². The molecule has 0 aliphatic carbocycles. The summed E-state index contributed by atoms with van der Waals surface area (Å²) >= 11 is 0. The van der Waals surface area contributed by atoms with Crippen LogP contribution in [0, 0.1) is 12.8 Å². The van der Waals surface area contributed by atoms with E-state index in [2.05, 4.69) is 19.2 Å². The summed E-state index contributed by atoms with van der Waals surface area (Å²) < 4.78 is 10.7. The summed E-state index contributed by atoms with van der Waals surface area (Å²) in [7, 11) is 0. The second-order valence-electron chi connectivity index (χ2n) is 6.63. The van der Waals surface area contributed by atoms with Crippen molar-refractivity contribution in [3.63, 3.8) is 0 Å². The maximum atomic E-state index is 11.9. The molecule has 2 rings (SSSR count). The quantitative estimate of drug-likeness (QED) is 0.789. The Morgan fingerprint density at radius 3 is 2.67 bits per heavy atom. The molecule has 0 aliphatic rings. The van der Waals surface area contributed by atoms with E-state index in [9.17, 15) is 9.59 Å². The van der Waals surface area contributed by atoms with Gasteiger partial charge in [-0.2, -0.15) is 0 Å². The van der Waals surface area contributed by atoms with Crippen molar-refractivity contribution in [2.75, 3.05) is 6.61 Å². The number of amides is 1. The van der Waals surface area contributed by atoms with Crippen LogP contribution in [0.15, 0.2) is 33.5 Å². The first-order valence-electron chi connectivity index (χ1n) is 8.32. The third-order valence-electron chi connectivity index (χ3n) is 3.88. The summed E-state index contributed by atoms with van der Waals surface area (Å²) in [6.45, 7) is 8.11. The molecule has 2 aromatic rings. The summed E-state index contributed by atoms with van der Waals surface area (Å²) in [5, 5.41) is 3.78. The average molecular weight is 331 g/mol. The molecule has 5 heteroatoms.